The minimum absolute atomic E-state index is 1.16. The van der Waals surface area contributed by atoms with Crippen LogP contribution in [0.4, 0.5) is 0 Å². The van der Waals surface area contributed by atoms with E-state index in [1.165, 1.54) is 0 Å². The van der Waals surface area contributed by atoms with E-state index in [0.29, 0.717) is 0 Å². The molecule has 0 aliphatic heterocycles. The topological polar surface area (TPSA) is 0 Å². The van der Waals surface area contributed by atoms with Gasteiger partial charge in [-0.3, -0.25) is 0 Å². The van der Waals surface area contributed by atoms with E-state index in [1.807, 2.05) is 6.92 Å². The van der Waals surface area contributed by atoms with Crippen LogP contribution in [0.3, 0.4) is 0 Å². The van der Waals surface area contributed by atoms with Crippen LogP contribution >= 0.6 is 0 Å². The summed E-state index contributed by atoms with van der Waals surface area (Å²) in [5, 5.41) is 1.16. The van der Waals surface area contributed by atoms with Crippen molar-refractivity contribution in [2.24, 2.45) is 0 Å². The molecule has 0 aromatic carbocycles. The first-order valence-electron chi connectivity index (χ1n) is 2.03. The van der Waals surface area contributed by atoms with Crippen LogP contribution in [0.1, 0.15) is 6.92 Å². The maximum absolute atomic E-state index is 2.12. The Hall–Kier alpha value is 0.337. The van der Waals surface area contributed by atoms with Crippen molar-refractivity contribution in [2.45, 2.75) is 12.0 Å². The molecular formula is C4H7Li. The Morgan fingerprint density at radius 1 is 1.80 bits per heavy atom. The molecule has 0 nitrogen and oxygen atoms in total. The van der Waals surface area contributed by atoms with Gasteiger partial charge in [-0.2, -0.15) is 0 Å². The summed E-state index contributed by atoms with van der Waals surface area (Å²) < 4.78 is 0. The Bertz CT molecular complexity index is 30.6. The van der Waals surface area contributed by atoms with Crippen LogP contribution in [0.25, 0.3) is 0 Å². The summed E-state index contributed by atoms with van der Waals surface area (Å²) in [6.45, 7) is 2.03. The summed E-state index contributed by atoms with van der Waals surface area (Å²) in [7, 11) is 0. The van der Waals surface area contributed by atoms with Crippen LogP contribution < -0.4 is 0 Å². The van der Waals surface area contributed by atoms with Crippen molar-refractivity contribution >= 4 is 17.7 Å². The molecule has 5 heavy (non-hydrogen) atoms. The molecule has 0 unspecified atom stereocenters. The fourth-order valence-electron chi connectivity index (χ4n) is 0.236. The summed E-state index contributed by atoms with van der Waals surface area (Å²) in [6, 6.07) is 0. The summed E-state index contributed by atoms with van der Waals surface area (Å²) in [4.78, 5) is 0. The molecule has 0 aromatic rings. The molecule has 1 heteroatoms. The van der Waals surface area contributed by atoms with E-state index in [2.05, 4.69) is 29.9 Å². The Kier molecular flexibility index (Phi) is 4.63. The Labute approximate surface area is 42.5 Å². The van der Waals surface area contributed by atoms with Gasteiger partial charge in [-0.1, -0.05) is 0 Å². The van der Waals surface area contributed by atoms with E-state index in [4.69, 9.17) is 0 Å². The quantitative estimate of drug-likeness (QED) is 0.315. The Morgan fingerprint density at radius 3 is 2.40 bits per heavy atom. The predicted octanol–water partition coefficient (Wildman–Crippen LogP) is 1.15. The number of allylic oxidation sites excluding steroid dienone is 2. The molecular weight excluding hydrogens is 55.0 g/mol. The zero-order chi connectivity index (χ0) is 4.12. The van der Waals surface area contributed by atoms with Crippen LogP contribution in [-0.2, 0) is 0 Å². The van der Waals surface area contributed by atoms with E-state index in [-0.39, 0.29) is 0 Å². The zero-order valence-electron chi connectivity index (χ0n) is 3.86. The Morgan fingerprint density at radius 2 is 2.40 bits per heavy atom. The monoisotopic (exact) mass is 62.1 g/mol. The SMILES string of the molecule is [Li][CH2]/C=C/C. The van der Waals surface area contributed by atoms with Gasteiger partial charge >= 0.3 is 41.9 Å². The van der Waals surface area contributed by atoms with Crippen LogP contribution in [0, 0.1) is 0 Å². The molecule has 0 aromatic heterocycles. The van der Waals surface area contributed by atoms with E-state index >= 15 is 0 Å². The van der Waals surface area contributed by atoms with Gasteiger partial charge < -0.3 is 0 Å². The standard InChI is InChI=1S/C4H7.Li/c1-3-4-2;/h3-4H,1H2,2H3;/b4-3+;. The van der Waals surface area contributed by atoms with E-state index in [0.717, 1.165) is 5.09 Å². The van der Waals surface area contributed by atoms with E-state index < -0.39 is 0 Å². The maximum atomic E-state index is 2.12. The third-order valence-corrected chi connectivity index (χ3v) is 0.471. The van der Waals surface area contributed by atoms with Crippen molar-refractivity contribution in [1.82, 2.24) is 0 Å². The summed E-state index contributed by atoms with van der Waals surface area (Å²) in [5.74, 6) is 0. The molecule has 0 bridgehead atoms. The zero-order valence-corrected chi connectivity index (χ0v) is 3.86. The second-order valence-corrected chi connectivity index (χ2v) is 0.977. The summed E-state index contributed by atoms with van der Waals surface area (Å²) in [6.07, 6.45) is 4.18. The summed E-state index contributed by atoms with van der Waals surface area (Å²) >= 11 is 2.12. The second kappa shape index (κ2) is 4.34. The normalized spacial score (nSPS) is 10.2. The van der Waals surface area contributed by atoms with Crippen LogP contribution in [-0.4, -0.2) is 17.7 Å². The van der Waals surface area contributed by atoms with E-state index in [9.17, 15) is 0 Å². The van der Waals surface area contributed by atoms with Crippen molar-refractivity contribution in [3.05, 3.63) is 12.2 Å². The van der Waals surface area contributed by atoms with Gasteiger partial charge in [-0.15, -0.1) is 0 Å². The Balaban J connectivity index is 2.62. The van der Waals surface area contributed by atoms with Crippen molar-refractivity contribution in [3.63, 3.8) is 0 Å². The van der Waals surface area contributed by atoms with Gasteiger partial charge in [0.25, 0.3) is 0 Å². The molecule has 0 atom stereocenters. The molecule has 0 saturated heterocycles. The first kappa shape index (κ1) is 5.34. The van der Waals surface area contributed by atoms with E-state index in [1.54, 1.807) is 0 Å². The van der Waals surface area contributed by atoms with Crippen LogP contribution in [0.15, 0.2) is 12.2 Å². The van der Waals surface area contributed by atoms with Crippen molar-refractivity contribution in [2.75, 3.05) is 0 Å². The van der Waals surface area contributed by atoms with Crippen LogP contribution in [0.5, 0.6) is 0 Å². The number of hydrogen-bond donors (Lipinski definition) is 0. The molecule has 0 amide bonds. The first-order chi connectivity index (χ1) is 2.41. The van der Waals surface area contributed by atoms with Crippen molar-refractivity contribution in [3.8, 4) is 0 Å². The first-order valence-corrected chi connectivity index (χ1v) is 2.03. The molecule has 0 heterocycles. The number of rotatable bonds is 1. The van der Waals surface area contributed by atoms with Gasteiger partial charge in [0.1, 0.15) is 0 Å². The molecule has 0 aliphatic rings. The molecule has 0 N–H and O–H groups in total. The fraction of sp³-hybridized carbons (Fsp3) is 0.500. The molecule has 0 rings (SSSR count). The molecule has 0 radical (unpaired) electrons. The third kappa shape index (κ3) is 4.34. The minimum atomic E-state index is 1.16. The molecule has 24 valence electrons. The molecule has 0 spiro atoms. The van der Waals surface area contributed by atoms with Crippen molar-refractivity contribution in [1.29, 1.82) is 0 Å². The van der Waals surface area contributed by atoms with Gasteiger partial charge in [0.2, 0.25) is 0 Å². The molecule has 0 fully saturated rings. The summed E-state index contributed by atoms with van der Waals surface area (Å²) in [5.41, 5.74) is 0. The average Bonchev–Trinajstić information content (AvgIpc) is 1.41. The van der Waals surface area contributed by atoms with Gasteiger partial charge in [-0.05, 0) is 0 Å². The molecule has 0 saturated carbocycles. The number of hydrogen-bond acceptors (Lipinski definition) is 0. The van der Waals surface area contributed by atoms with Gasteiger partial charge in [0, 0.05) is 0 Å². The third-order valence-electron chi connectivity index (χ3n) is 0.471. The van der Waals surface area contributed by atoms with Gasteiger partial charge in [-0.25, -0.2) is 0 Å². The molecule has 0 aliphatic carbocycles. The fourth-order valence-corrected chi connectivity index (χ4v) is 0.236. The predicted molar refractivity (Wildman–Crippen MR) is 25.4 cm³/mol. The van der Waals surface area contributed by atoms with Gasteiger partial charge in [0.05, 0.1) is 0 Å². The average molecular weight is 62.0 g/mol. The van der Waals surface area contributed by atoms with Gasteiger partial charge in [0.15, 0.2) is 0 Å². The second-order valence-electron chi connectivity index (χ2n) is 0.977. The van der Waals surface area contributed by atoms with Crippen LogP contribution in [0.2, 0.25) is 5.09 Å². The van der Waals surface area contributed by atoms with Crippen molar-refractivity contribution < 1.29 is 0 Å².